The minimum Gasteiger partial charge on any atom is -0.360 e. The molecule has 3 rings (SSSR count). The van der Waals surface area contributed by atoms with Crippen molar-refractivity contribution in [3.05, 3.63) is 17.0 Å². The smallest absolute Gasteiger partial charge is 0.274 e. The maximum Gasteiger partial charge on any atom is 0.274 e. The highest BCUT2D eigenvalue weighted by Gasteiger charge is 2.28. The zero-order valence-corrected chi connectivity index (χ0v) is 9.60. The summed E-state index contributed by atoms with van der Waals surface area (Å²) in [6, 6.07) is 0.362. The number of hydrogen-bond donors (Lipinski definition) is 2. The average Bonchev–Trinajstić information content (AvgIpc) is 2.96. The number of rotatable bonds is 2. The molecule has 0 spiro atoms. The number of carbonyl (C=O) groups excluding carboxylic acids is 1. The first kappa shape index (κ1) is 11.4. The van der Waals surface area contributed by atoms with Crippen LogP contribution in [0.5, 0.6) is 0 Å². The van der Waals surface area contributed by atoms with Crippen LogP contribution in [-0.2, 0) is 13.0 Å². The fraction of sp³-hybridized carbons (Fsp3) is 0.600. The molecule has 0 unspecified atom stereocenters. The van der Waals surface area contributed by atoms with E-state index in [4.69, 9.17) is 4.52 Å². The summed E-state index contributed by atoms with van der Waals surface area (Å²) >= 11 is 0. The van der Waals surface area contributed by atoms with Gasteiger partial charge >= 0.3 is 0 Å². The highest BCUT2D eigenvalue weighted by molar-refractivity contribution is 5.94. The Hall–Kier alpha value is -1.07. The molecule has 88 valence electrons. The summed E-state index contributed by atoms with van der Waals surface area (Å²) in [4.78, 5) is 11.8. The van der Waals surface area contributed by atoms with Crippen molar-refractivity contribution in [3.63, 3.8) is 0 Å². The molecule has 0 saturated heterocycles. The predicted octanol–water partition coefficient (Wildman–Crippen LogP) is 0.634. The molecular weight excluding hydrogens is 230 g/mol. The van der Waals surface area contributed by atoms with Crippen LogP contribution in [0, 0.1) is 0 Å². The third-order valence-electron chi connectivity index (χ3n) is 2.83. The first-order chi connectivity index (χ1) is 7.34. The predicted molar refractivity (Wildman–Crippen MR) is 59.6 cm³/mol. The molecule has 1 aromatic heterocycles. The monoisotopic (exact) mass is 243 g/mol. The Kier molecular flexibility index (Phi) is 3.16. The Balaban J connectivity index is 0.000000963. The molecule has 2 N–H and O–H groups in total. The molecule has 2 aliphatic rings. The van der Waals surface area contributed by atoms with Crippen LogP contribution in [0.15, 0.2) is 4.52 Å². The standard InChI is InChI=1S/C10H13N3O2.ClH/c14-10(12-6-1-2-6)9-7-5-11-4-3-8(7)15-13-9;/h6,11H,1-5H2,(H,12,14);1H. The number of hydrogen-bond acceptors (Lipinski definition) is 4. The zero-order valence-electron chi connectivity index (χ0n) is 8.78. The lowest BCUT2D eigenvalue weighted by molar-refractivity contribution is 0.0941. The minimum absolute atomic E-state index is 0. The summed E-state index contributed by atoms with van der Waals surface area (Å²) in [6.07, 6.45) is 2.99. The lowest BCUT2D eigenvalue weighted by Crippen LogP contribution is -2.29. The van der Waals surface area contributed by atoms with E-state index in [1.54, 1.807) is 0 Å². The lowest BCUT2D eigenvalue weighted by Gasteiger charge is -2.10. The summed E-state index contributed by atoms with van der Waals surface area (Å²) in [5, 5.41) is 9.98. The second-order valence-electron chi connectivity index (χ2n) is 4.11. The molecule has 1 aliphatic carbocycles. The molecule has 5 nitrogen and oxygen atoms in total. The number of aromatic nitrogens is 1. The van der Waals surface area contributed by atoms with Crippen LogP contribution in [0.3, 0.4) is 0 Å². The third kappa shape index (κ3) is 2.05. The third-order valence-corrected chi connectivity index (χ3v) is 2.83. The Labute approximate surface area is 99.4 Å². The first-order valence-corrected chi connectivity index (χ1v) is 5.33. The molecule has 16 heavy (non-hydrogen) atoms. The number of amides is 1. The van der Waals surface area contributed by atoms with E-state index in [2.05, 4.69) is 15.8 Å². The fourth-order valence-electron chi connectivity index (χ4n) is 1.80. The van der Waals surface area contributed by atoms with E-state index in [0.29, 0.717) is 18.3 Å². The van der Waals surface area contributed by atoms with Gasteiger partial charge in [0, 0.05) is 31.1 Å². The molecule has 1 fully saturated rings. The zero-order chi connectivity index (χ0) is 10.3. The average molecular weight is 244 g/mol. The van der Waals surface area contributed by atoms with Gasteiger partial charge in [-0.25, -0.2) is 0 Å². The molecule has 1 aliphatic heterocycles. The second kappa shape index (κ2) is 4.43. The van der Waals surface area contributed by atoms with Gasteiger partial charge in [-0.15, -0.1) is 12.4 Å². The van der Waals surface area contributed by atoms with Crippen molar-refractivity contribution in [2.75, 3.05) is 6.54 Å². The SMILES string of the molecule is Cl.O=C(NC1CC1)c1noc2c1CNCC2. The quantitative estimate of drug-likeness (QED) is 0.800. The summed E-state index contributed by atoms with van der Waals surface area (Å²) in [7, 11) is 0. The van der Waals surface area contributed by atoms with Crippen LogP contribution in [0.25, 0.3) is 0 Å². The van der Waals surface area contributed by atoms with Gasteiger partial charge in [-0.2, -0.15) is 0 Å². The number of carbonyl (C=O) groups is 1. The van der Waals surface area contributed by atoms with Gasteiger partial charge in [0.15, 0.2) is 5.69 Å². The van der Waals surface area contributed by atoms with Crippen molar-refractivity contribution >= 4 is 18.3 Å². The van der Waals surface area contributed by atoms with Gasteiger partial charge in [0.05, 0.1) is 0 Å². The molecule has 1 amide bonds. The van der Waals surface area contributed by atoms with Crippen molar-refractivity contribution in [2.24, 2.45) is 0 Å². The van der Waals surface area contributed by atoms with Crippen molar-refractivity contribution in [2.45, 2.75) is 31.8 Å². The van der Waals surface area contributed by atoms with E-state index < -0.39 is 0 Å². The van der Waals surface area contributed by atoms with E-state index >= 15 is 0 Å². The van der Waals surface area contributed by atoms with Crippen LogP contribution < -0.4 is 10.6 Å². The van der Waals surface area contributed by atoms with E-state index in [-0.39, 0.29) is 18.3 Å². The van der Waals surface area contributed by atoms with Gasteiger partial charge in [-0.3, -0.25) is 4.79 Å². The lowest BCUT2D eigenvalue weighted by atomic mass is 10.1. The van der Waals surface area contributed by atoms with Gasteiger partial charge in [-0.1, -0.05) is 5.16 Å². The summed E-state index contributed by atoms with van der Waals surface area (Å²) in [5.74, 6) is 0.765. The Morgan fingerprint density at radius 1 is 1.50 bits per heavy atom. The Morgan fingerprint density at radius 3 is 3.06 bits per heavy atom. The van der Waals surface area contributed by atoms with Crippen molar-refractivity contribution in [3.8, 4) is 0 Å². The van der Waals surface area contributed by atoms with Crippen molar-refractivity contribution in [1.82, 2.24) is 15.8 Å². The van der Waals surface area contributed by atoms with Gasteiger partial charge in [0.25, 0.3) is 5.91 Å². The van der Waals surface area contributed by atoms with E-state index in [1.165, 1.54) is 0 Å². The molecule has 0 radical (unpaired) electrons. The largest absolute Gasteiger partial charge is 0.360 e. The molecular formula is C10H14ClN3O2. The molecule has 1 saturated carbocycles. The van der Waals surface area contributed by atoms with Crippen LogP contribution in [0.2, 0.25) is 0 Å². The van der Waals surface area contributed by atoms with Gasteiger partial charge in [-0.05, 0) is 12.8 Å². The molecule has 6 heteroatoms. The first-order valence-electron chi connectivity index (χ1n) is 5.33. The molecule has 0 aromatic carbocycles. The molecule has 0 bridgehead atoms. The summed E-state index contributed by atoms with van der Waals surface area (Å²) in [6.45, 7) is 1.58. The van der Waals surface area contributed by atoms with Gasteiger partial charge in [0.2, 0.25) is 0 Å². The number of halogens is 1. The second-order valence-corrected chi connectivity index (χ2v) is 4.11. The van der Waals surface area contributed by atoms with E-state index in [1.807, 2.05) is 0 Å². The fourth-order valence-corrected chi connectivity index (χ4v) is 1.80. The number of nitrogens with zero attached hydrogens (tertiary/aromatic N) is 1. The molecule has 1 aromatic rings. The van der Waals surface area contributed by atoms with E-state index in [9.17, 15) is 4.79 Å². The molecule has 0 atom stereocenters. The maximum absolute atomic E-state index is 11.8. The number of fused-ring (bicyclic) bond motifs is 1. The van der Waals surface area contributed by atoms with Crippen molar-refractivity contribution < 1.29 is 9.32 Å². The van der Waals surface area contributed by atoms with E-state index in [0.717, 1.165) is 37.1 Å². The highest BCUT2D eigenvalue weighted by Crippen LogP contribution is 2.21. The van der Waals surface area contributed by atoms with Gasteiger partial charge in [0.1, 0.15) is 5.76 Å². The maximum atomic E-state index is 11.8. The summed E-state index contributed by atoms with van der Waals surface area (Å²) in [5.41, 5.74) is 1.39. The van der Waals surface area contributed by atoms with Gasteiger partial charge < -0.3 is 15.2 Å². The van der Waals surface area contributed by atoms with Crippen LogP contribution >= 0.6 is 12.4 Å². The number of nitrogens with one attached hydrogen (secondary N) is 2. The Morgan fingerprint density at radius 2 is 2.31 bits per heavy atom. The van der Waals surface area contributed by atoms with Crippen molar-refractivity contribution in [1.29, 1.82) is 0 Å². The van der Waals surface area contributed by atoms with Crippen LogP contribution in [0.4, 0.5) is 0 Å². The van der Waals surface area contributed by atoms with Crippen LogP contribution in [-0.4, -0.2) is 23.7 Å². The normalized spacial score (nSPS) is 18.5. The minimum atomic E-state index is -0.0915. The molecule has 2 heterocycles. The van der Waals surface area contributed by atoms with Crippen LogP contribution in [0.1, 0.15) is 34.7 Å². The summed E-state index contributed by atoms with van der Waals surface area (Å²) < 4.78 is 5.16. The highest BCUT2D eigenvalue weighted by atomic mass is 35.5. The Bertz CT molecular complexity index is 401. The topological polar surface area (TPSA) is 67.2 Å².